The predicted octanol–water partition coefficient (Wildman–Crippen LogP) is 1.25. The van der Waals surface area contributed by atoms with Crippen LogP contribution in [0.4, 0.5) is 5.95 Å². The first kappa shape index (κ1) is 8.52. The molecule has 2 rings (SSSR count). The van der Waals surface area contributed by atoms with E-state index in [0.717, 1.165) is 0 Å². The highest BCUT2D eigenvalue weighted by Crippen LogP contribution is 2.22. The minimum atomic E-state index is 0.0838. The molecule has 0 unspecified atom stereocenters. The van der Waals surface area contributed by atoms with Crippen molar-refractivity contribution in [2.75, 3.05) is 5.73 Å². The van der Waals surface area contributed by atoms with Gasteiger partial charge in [-0.05, 0) is 11.6 Å². The van der Waals surface area contributed by atoms with E-state index >= 15 is 0 Å². The highest BCUT2D eigenvalue weighted by molar-refractivity contribution is 6.35. The van der Waals surface area contributed by atoms with Crippen LogP contribution in [-0.4, -0.2) is 19.5 Å². The standard InChI is InChI=1S/C6H5Cl2N5/c1-13-4-2(10-6(13)9)3(7)11-5(8)12-4/h1H3,(H2,9,10). The van der Waals surface area contributed by atoms with Gasteiger partial charge >= 0.3 is 0 Å². The zero-order valence-electron chi connectivity index (χ0n) is 6.62. The second-order valence-electron chi connectivity index (χ2n) is 2.48. The number of nitrogens with zero attached hydrogens (tertiary/aromatic N) is 4. The van der Waals surface area contributed by atoms with Gasteiger partial charge in [-0.25, -0.2) is 9.97 Å². The molecule has 0 bridgehead atoms. The first-order valence-electron chi connectivity index (χ1n) is 3.40. The Kier molecular flexibility index (Phi) is 1.78. The van der Waals surface area contributed by atoms with Gasteiger partial charge in [0.25, 0.3) is 0 Å². The summed E-state index contributed by atoms with van der Waals surface area (Å²) < 4.78 is 1.59. The van der Waals surface area contributed by atoms with Crippen LogP contribution in [0.3, 0.4) is 0 Å². The molecule has 2 heterocycles. The lowest BCUT2D eigenvalue weighted by Gasteiger charge is -1.95. The maximum Gasteiger partial charge on any atom is 0.225 e. The lowest BCUT2D eigenvalue weighted by molar-refractivity contribution is 0.944. The molecule has 2 aromatic rings. The molecule has 0 aliphatic heterocycles. The number of fused-ring (bicyclic) bond motifs is 1. The van der Waals surface area contributed by atoms with Gasteiger partial charge in [-0.1, -0.05) is 11.6 Å². The average Bonchev–Trinajstić information content (AvgIpc) is 2.32. The number of imidazole rings is 1. The van der Waals surface area contributed by atoms with Crippen LogP contribution in [0.2, 0.25) is 10.4 Å². The van der Waals surface area contributed by atoms with Crippen molar-refractivity contribution >= 4 is 40.3 Å². The molecule has 0 saturated heterocycles. The van der Waals surface area contributed by atoms with Gasteiger partial charge in [-0.3, -0.25) is 4.57 Å². The largest absolute Gasteiger partial charge is 0.369 e. The summed E-state index contributed by atoms with van der Waals surface area (Å²) in [6.07, 6.45) is 0. The number of nitrogen functional groups attached to an aromatic ring is 1. The summed E-state index contributed by atoms with van der Waals surface area (Å²) in [4.78, 5) is 11.7. The molecule has 0 saturated carbocycles. The topological polar surface area (TPSA) is 69.6 Å². The summed E-state index contributed by atoms with van der Waals surface area (Å²) in [5, 5.41) is 0.294. The Labute approximate surface area is 83.5 Å². The quantitative estimate of drug-likeness (QED) is 0.533. The van der Waals surface area contributed by atoms with E-state index in [9.17, 15) is 0 Å². The molecule has 0 atom stereocenters. The van der Waals surface area contributed by atoms with Crippen LogP contribution in [0.5, 0.6) is 0 Å². The minimum Gasteiger partial charge on any atom is -0.369 e. The number of hydrogen-bond donors (Lipinski definition) is 1. The fourth-order valence-corrected chi connectivity index (χ4v) is 1.43. The van der Waals surface area contributed by atoms with E-state index in [0.29, 0.717) is 17.1 Å². The van der Waals surface area contributed by atoms with E-state index in [-0.39, 0.29) is 10.4 Å². The molecule has 7 heteroatoms. The highest BCUT2D eigenvalue weighted by atomic mass is 35.5. The fourth-order valence-electron chi connectivity index (χ4n) is 1.02. The molecule has 0 aromatic carbocycles. The first-order chi connectivity index (χ1) is 6.09. The molecule has 0 fully saturated rings. The van der Waals surface area contributed by atoms with E-state index < -0.39 is 0 Å². The van der Waals surface area contributed by atoms with Crippen LogP contribution in [-0.2, 0) is 7.05 Å². The lowest BCUT2D eigenvalue weighted by atomic mass is 10.5. The predicted molar refractivity (Wildman–Crippen MR) is 50.7 cm³/mol. The third-order valence-corrected chi connectivity index (χ3v) is 2.12. The second-order valence-corrected chi connectivity index (χ2v) is 3.18. The van der Waals surface area contributed by atoms with Crippen LogP contribution in [0.1, 0.15) is 0 Å². The summed E-state index contributed by atoms with van der Waals surface area (Å²) in [7, 11) is 1.73. The summed E-state index contributed by atoms with van der Waals surface area (Å²) in [6.45, 7) is 0. The number of aryl methyl sites for hydroxylation is 1. The summed E-state index contributed by atoms with van der Waals surface area (Å²) >= 11 is 11.4. The molecular weight excluding hydrogens is 213 g/mol. The van der Waals surface area contributed by atoms with Crippen molar-refractivity contribution in [3.05, 3.63) is 10.4 Å². The molecule has 0 radical (unpaired) electrons. The normalized spacial score (nSPS) is 11.0. The Morgan fingerprint density at radius 1 is 1.23 bits per heavy atom. The molecule has 0 aliphatic rings. The second kappa shape index (κ2) is 2.71. The monoisotopic (exact) mass is 217 g/mol. The van der Waals surface area contributed by atoms with Gasteiger partial charge in [-0.2, -0.15) is 4.98 Å². The van der Waals surface area contributed by atoms with Crippen LogP contribution in [0.25, 0.3) is 11.2 Å². The van der Waals surface area contributed by atoms with Crippen LogP contribution in [0.15, 0.2) is 0 Å². The van der Waals surface area contributed by atoms with Crippen molar-refractivity contribution in [3.63, 3.8) is 0 Å². The lowest BCUT2D eigenvalue weighted by Crippen LogP contribution is -1.97. The van der Waals surface area contributed by atoms with Gasteiger partial charge in [0, 0.05) is 7.05 Å². The highest BCUT2D eigenvalue weighted by Gasteiger charge is 2.11. The molecule has 0 spiro atoms. The molecule has 2 N–H and O–H groups in total. The van der Waals surface area contributed by atoms with Gasteiger partial charge in [-0.15, -0.1) is 0 Å². The van der Waals surface area contributed by atoms with Gasteiger partial charge < -0.3 is 5.73 Å². The van der Waals surface area contributed by atoms with Crippen molar-refractivity contribution in [1.29, 1.82) is 0 Å². The molecular formula is C6H5Cl2N5. The van der Waals surface area contributed by atoms with Crippen LogP contribution >= 0.6 is 23.2 Å². The number of anilines is 1. The molecule has 5 nitrogen and oxygen atoms in total. The van der Waals surface area contributed by atoms with E-state index in [1.807, 2.05) is 0 Å². The number of aromatic nitrogens is 4. The minimum absolute atomic E-state index is 0.0838. The molecule has 2 aromatic heterocycles. The Morgan fingerprint density at radius 2 is 1.92 bits per heavy atom. The summed E-state index contributed by atoms with van der Waals surface area (Å²) in [5.74, 6) is 0.327. The van der Waals surface area contributed by atoms with E-state index in [1.165, 1.54) is 0 Å². The Balaban J connectivity index is 2.94. The summed E-state index contributed by atoms with van der Waals surface area (Å²) in [5.41, 5.74) is 6.55. The molecule has 0 amide bonds. The van der Waals surface area contributed by atoms with Crippen molar-refractivity contribution in [1.82, 2.24) is 19.5 Å². The van der Waals surface area contributed by atoms with Crippen molar-refractivity contribution in [2.45, 2.75) is 0 Å². The van der Waals surface area contributed by atoms with Gasteiger partial charge in [0.15, 0.2) is 10.8 Å². The van der Waals surface area contributed by atoms with Crippen molar-refractivity contribution < 1.29 is 0 Å². The summed E-state index contributed by atoms with van der Waals surface area (Å²) in [6, 6.07) is 0. The average molecular weight is 218 g/mol. The van der Waals surface area contributed by atoms with Gasteiger partial charge in [0.2, 0.25) is 11.2 Å². The van der Waals surface area contributed by atoms with E-state index in [4.69, 9.17) is 28.9 Å². The molecule has 13 heavy (non-hydrogen) atoms. The molecule has 68 valence electrons. The third-order valence-electron chi connectivity index (χ3n) is 1.68. The van der Waals surface area contributed by atoms with Gasteiger partial charge in [0.05, 0.1) is 0 Å². The van der Waals surface area contributed by atoms with Crippen molar-refractivity contribution in [2.24, 2.45) is 7.05 Å². The Hall–Kier alpha value is -1.07. The first-order valence-corrected chi connectivity index (χ1v) is 4.16. The van der Waals surface area contributed by atoms with Crippen LogP contribution < -0.4 is 5.73 Å². The Morgan fingerprint density at radius 3 is 2.62 bits per heavy atom. The SMILES string of the molecule is Cn1c(N)nc2c(Cl)nc(Cl)nc21. The maximum atomic E-state index is 5.78. The zero-order valence-corrected chi connectivity index (χ0v) is 8.13. The molecule has 0 aliphatic carbocycles. The van der Waals surface area contributed by atoms with Gasteiger partial charge in [0.1, 0.15) is 5.52 Å². The number of nitrogens with two attached hydrogens (primary N) is 1. The number of rotatable bonds is 0. The van der Waals surface area contributed by atoms with E-state index in [2.05, 4.69) is 15.0 Å². The number of hydrogen-bond acceptors (Lipinski definition) is 4. The third kappa shape index (κ3) is 1.20. The van der Waals surface area contributed by atoms with E-state index in [1.54, 1.807) is 11.6 Å². The van der Waals surface area contributed by atoms with Crippen molar-refractivity contribution in [3.8, 4) is 0 Å². The smallest absolute Gasteiger partial charge is 0.225 e. The maximum absolute atomic E-state index is 5.78. The zero-order chi connectivity index (χ0) is 9.59. The Bertz CT molecular complexity index is 477. The van der Waals surface area contributed by atoms with Crippen LogP contribution in [0, 0.1) is 0 Å². The number of halogens is 2. The fraction of sp³-hybridized carbons (Fsp3) is 0.167.